The molecule has 0 amide bonds. The molecule has 116 valence electrons. The highest BCUT2D eigenvalue weighted by Crippen LogP contribution is 2.30. The number of hydrogen-bond acceptors (Lipinski definition) is 3. The number of methoxy groups -OCH3 is 1. The van der Waals surface area contributed by atoms with Gasteiger partial charge in [0.2, 0.25) is 0 Å². The van der Waals surface area contributed by atoms with Gasteiger partial charge in [-0.3, -0.25) is 10.1 Å². The monoisotopic (exact) mass is 297 g/mol. The Balaban J connectivity index is 2.52. The fourth-order valence-corrected chi connectivity index (χ4v) is 2.73. The summed E-state index contributed by atoms with van der Waals surface area (Å²) in [5.74, 6) is 0.602. The Morgan fingerprint density at radius 3 is 2.23 bits per heavy atom. The Bertz CT molecular complexity index is 637. The van der Waals surface area contributed by atoms with Crippen LogP contribution in [0.3, 0.4) is 0 Å². The molecule has 0 saturated carbocycles. The predicted molar refractivity (Wildman–Crippen MR) is 89.4 cm³/mol. The Hall–Kier alpha value is -2.13. The van der Waals surface area contributed by atoms with Crippen LogP contribution in [0.2, 0.25) is 0 Å². The molecule has 0 spiro atoms. The second kappa shape index (κ2) is 6.75. The molecule has 0 saturated heterocycles. The molecule has 0 aliphatic heterocycles. The number of para-hydroxylation sites is 1. The Kier molecular flexibility index (Phi) is 4.99. The summed E-state index contributed by atoms with van der Waals surface area (Å²) in [5, 5.41) is 3.42. The summed E-state index contributed by atoms with van der Waals surface area (Å²) >= 11 is 0. The minimum absolute atomic E-state index is 0.00449. The highest BCUT2D eigenvalue weighted by Gasteiger charge is 2.37. The smallest absolute Gasteiger partial charge is 0.190 e. The van der Waals surface area contributed by atoms with E-state index in [2.05, 4.69) is 5.32 Å². The van der Waals surface area contributed by atoms with Crippen molar-refractivity contribution in [1.82, 2.24) is 5.32 Å². The van der Waals surface area contributed by atoms with Gasteiger partial charge in [-0.25, -0.2) is 0 Å². The number of rotatable bonds is 6. The number of carbonyl (C=O) groups excluding carboxylic acids is 1. The molecule has 3 nitrogen and oxygen atoms in total. The maximum atomic E-state index is 13.2. The van der Waals surface area contributed by atoms with E-state index in [9.17, 15) is 4.79 Å². The summed E-state index contributed by atoms with van der Waals surface area (Å²) in [6.45, 7) is 6.00. The lowest BCUT2D eigenvalue weighted by molar-refractivity contribution is 0.0851. The van der Waals surface area contributed by atoms with Crippen LogP contribution >= 0.6 is 0 Å². The maximum Gasteiger partial charge on any atom is 0.190 e. The van der Waals surface area contributed by atoms with Crippen molar-refractivity contribution in [3.8, 4) is 5.75 Å². The Morgan fingerprint density at radius 1 is 1.05 bits per heavy atom. The minimum Gasteiger partial charge on any atom is -0.496 e. The number of benzene rings is 2. The molecule has 3 heteroatoms. The van der Waals surface area contributed by atoms with Crippen molar-refractivity contribution >= 4 is 5.78 Å². The van der Waals surface area contributed by atoms with E-state index in [1.165, 1.54) is 0 Å². The number of ketones is 1. The summed E-state index contributed by atoms with van der Waals surface area (Å²) < 4.78 is 5.35. The molecule has 1 atom stereocenters. The van der Waals surface area contributed by atoms with Crippen LogP contribution in [-0.2, 0) is 5.54 Å². The first-order valence-electron chi connectivity index (χ1n) is 7.50. The molecule has 22 heavy (non-hydrogen) atoms. The van der Waals surface area contributed by atoms with Crippen LogP contribution < -0.4 is 10.1 Å². The van der Waals surface area contributed by atoms with Gasteiger partial charge in [-0.05, 0) is 38.5 Å². The first-order chi connectivity index (χ1) is 10.5. The van der Waals surface area contributed by atoms with Crippen LogP contribution in [0.1, 0.15) is 36.7 Å². The molecule has 1 N–H and O–H groups in total. The van der Waals surface area contributed by atoms with Crippen LogP contribution in [0.5, 0.6) is 5.75 Å². The van der Waals surface area contributed by atoms with Crippen molar-refractivity contribution in [3.63, 3.8) is 0 Å². The van der Waals surface area contributed by atoms with E-state index in [0.717, 1.165) is 5.56 Å². The number of hydrogen-bond donors (Lipinski definition) is 1. The van der Waals surface area contributed by atoms with Gasteiger partial charge >= 0.3 is 0 Å². The molecule has 2 rings (SSSR count). The van der Waals surface area contributed by atoms with Gasteiger partial charge in [0, 0.05) is 6.04 Å². The van der Waals surface area contributed by atoms with Gasteiger partial charge in [0.1, 0.15) is 11.3 Å². The average Bonchev–Trinajstić information content (AvgIpc) is 2.54. The van der Waals surface area contributed by atoms with E-state index in [1.807, 2.05) is 75.4 Å². The Labute approximate surface area is 132 Å². The van der Waals surface area contributed by atoms with Crippen LogP contribution in [0.25, 0.3) is 0 Å². The summed E-state index contributed by atoms with van der Waals surface area (Å²) in [7, 11) is 1.59. The molecular formula is C19H23NO2. The number of nitrogens with one attached hydrogen (secondary N) is 1. The van der Waals surface area contributed by atoms with Crippen LogP contribution in [-0.4, -0.2) is 18.9 Å². The fourth-order valence-electron chi connectivity index (χ4n) is 2.73. The van der Waals surface area contributed by atoms with Gasteiger partial charge in [-0.2, -0.15) is 0 Å². The maximum absolute atomic E-state index is 13.2. The van der Waals surface area contributed by atoms with E-state index in [4.69, 9.17) is 4.74 Å². The highest BCUT2D eigenvalue weighted by atomic mass is 16.5. The van der Waals surface area contributed by atoms with E-state index in [-0.39, 0.29) is 11.8 Å². The quantitative estimate of drug-likeness (QED) is 0.824. The first kappa shape index (κ1) is 16.2. The lowest BCUT2D eigenvalue weighted by Crippen LogP contribution is -2.49. The van der Waals surface area contributed by atoms with Crippen molar-refractivity contribution in [1.29, 1.82) is 0 Å². The standard InChI is InChI=1S/C19H23NO2/c1-14(2)20-19(3,15-10-6-5-7-11-15)18(21)16-12-8-9-13-17(16)22-4/h5-14,20H,1-4H3/t19-/m1/s1. The SMILES string of the molecule is COc1ccccc1C(=O)[C@](C)(NC(C)C)c1ccccc1. The third kappa shape index (κ3) is 3.20. The molecule has 0 bridgehead atoms. The largest absolute Gasteiger partial charge is 0.496 e. The van der Waals surface area contributed by atoms with Gasteiger partial charge in [0.25, 0.3) is 0 Å². The van der Waals surface area contributed by atoms with Crippen molar-refractivity contribution in [2.45, 2.75) is 32.4 Å². The van der Waals surface area contributed by atoms with Gasteiger partial charge in [0.15, 0.2) is 5.78 Å². The average molecular weight is 297 g/mol. The number of carbonyl (C=O) groups is 1. The van der Waals surface area contributed by atoms with E-state index < -0.39 is 5.54 Å². The second-order valence-corrected chi connectivity index (χ2v) is 5.82. The van der Waals surface area contributed by atoms with E-state index >= 15 is 0 Å². The molecule has 0 fully saturated rings. The third-order valence-electron chi connectivity index (χ3n) is 3.73. The summed E-state index contributed by atoms with van der Waals surface area (Å²) in [6.07, 6.45) is 0. The molecular weight excluding hydrogens is 274 g/mol. The number of ether oxygens (including phenoxy) is 1. The zero-order valence-electron chi connectivity index (χ0n) is 13.6. The lowest BCUT2D eigenvalue weighted by atomic mass is 9.83. The molecule has 2 aromatic rings. The van der Waals surface area contributed by atoms with Crippen LogP contribution in [0.15, 0.2) is 54.6 Å². The molecule has 0 unspecified atom stereocenters. The van der Waals surface area contributed by atoms with Crippen molar-refractivity contribution in [2.24, 2.45) is 0 Å². The molecule has 0 radical (unpaired) electrons. The zero-order chi connectivity index (χ0) is 16.2. The normalized spacial score (nSPS) is 13.7. The number of Topliss-reactive ketones (excluding diaryl/α,β-unsaturated/α-hetero) is 1. The lowest BCUT2D eigenvalue weighted by Gasteiger charge is -2.32. The molecule has 0 aromatic heterocycles. The van der Waals surface area contributed by atoms with Gasteiger partial charge in [-0.1, -0.05) is 42.5 Å². The van der Waals surface area contributed by atoms with Crippen molar-refractivity contribution < 1.29 is 9.53 Å². The van der Waals surface area contributed by atoms with E-state index in [1.54, 1.807) is 7.11 Å². The first-order valence-corrected chi connectivity index (χ1v) is 7.50. The van der Waals surface area contributed by atoms with Crippen molar-refractivity contribution in [3.05, 3.63) is 65.7 Å². The molecule has 0 heterocycles. The summed E-state index contributed by atoms with van der Waals surface area (Å²) in [5.41, 5.74) is 0.730. The van der Waals surface area contributed by atoms with Gasteiger partial charge < -0.3 is 4.74 Å². The van der Waals surface area contributed by atoms with E-state index in [0.29, 0.717) is 11.3 Å². The molecule has 0 aliphatic carbocycles. The fraction of sp³-hybridized carbons (Fsp3) is 0.316. The molecule has 0 aliphatic rings. The zero-order valence-corrected chi connectivity index (χ0v) is 13.6. The Morgan fingerprint density at radius 2 is 1.64 bits per heavy atom. The van der Waals surface area contributed by atoms with Gasteiger partial charge in [0.05, 0.1) is 12.7 Å². The minimum atomic E-state index is -0.802. The summed E-state index contributed by atoms with van der Waals surface area (Å²) in [4.78, 5) is 13.2. The predicted octanol–water partition coefficient (Wildman–Crippen LogP) is 3.79. The highest BCUT2D eigenvalue weighted by molar-refractivity contribution is 6.05. The molecule has 2 aromatic carbocycles. The summed E-state index contributed by atoms with van der Waals surface area (Å²) in [6, 6.07) is 17.3. The topological polar surface area (TPSA) is 38.3 Å². The second-order valence-electron chi connectivity index (χ2n) is 5.82. The van der Waals surface area contributed by atoms with Crippen LogP contribution in [0.4, 0.5) is 0 Å². The third-order valence-corrected chi connectivity index (χ3v) is 3.73. The van der Waals surface area contributed by atoms with Gasteiger partial charge in [-0.15, -0.1) is 0 Å². The van der Waals surface area contributed by atoms with Crippen molar-refractivity contribution in [2.75, 3.05) is 7.11 Å². The van der Waals surface area contributed by atoms with Crippen LogP contribution in [0, 0.1) is 0 Å².